The molecule has 0 bridgehead atoms. The molecule has 0 aliphatic carbocycles. The Morgan fingerprint density at radius 1 is 1.35 bits per heavy atom. The second-order valence-corrected chi connectivity index (χ2v) is 5.73. The molecule has 0 aromatic heterocycles. The molecule has 1 N–H and O–H groups in total. The lowest BCUT2D eigenvalue weighted by atomic mass is 10.0. The lowest BCUT2D eigenvalue weighted by molar-refractivity contribution is 0.0207. The molecule has 0 saturated carbocycles. The van der Waals surface area contributed by atoms with Gasteiger partial charge in [0.05, 0.1) is 5.60 Å². The van der Waals surface area contributed by atoms with Crippen LogP contribution < -0.4 is 5.32 Å². The van der Waals surface area contributed by atoms with Crippen molar-refractivity contribution in [2.24, 2.45) is 0 Å². The fourth-order valence-electron chi connectivity index (χ4n) is 2.19. The van der Waals surface area contributed by atoms with Gasteiger partial charge in [0.15, 0.2) is 0 Å². The third-order valence-electron chi connectivity index (χ3n) is 3.29. The third-order valence-corrected chi connectivity index (χ3v) is 4.03. The maximum atomic E-state index is 5.75. The van der Waals surface area contributed by atoms with Crippen LogP contribution in [-0.4, -0.2) is 25.0 Å². The highest BCUT2D eigenvalue weighted by atomic mass is 32.2. The van der Waals surface area contributed by atoms with Crippen molar-refractivity contribution in [2.75, 3.05) is 19.4 Å². The first kappa shape index (κ1) is 12.9. The zero-order valence-corrected chi connectivity index (χ0v) is 11.5. The van der Waals surface area contributed by atoms with Gasteiger partial charge in [0, 0.05) is 24.6 Å². The molecule has 17 heavy (non-hydrogen) atoms. The van der Waals surface area contributed by atoms with Crippen molar-refractivity contribution in [1.29, 1.82) is 0 Å². The summed E-state index contributed by atoms with van der Waals surface area (Å²) in [5.41, 5.74) is 1.39. The minimum absolute atomic E-state index is 0.0548. The molecule has 0 amide bonds. The molecule has 1 atom stereocenters. The Labute approximate surface area is 108 Å². The number of hydrogen-bond acceptors (Lipinski definition) is 3. The zero-order chi connectivity index (χ0) is 12.1. The summed E-state index contributed by atoms with van der Waals surface area (Å²) in [6.07, 6.45) is 4.47. The van der Waals surface area contributed by atoms with Gasteiger partial charge < -0.3 is 10.1 Å². The highest BCUT2D eigenvalue weighted by molar-refractivity contribution is 7.98. The van der Waals surface area contributed by atoms with Crippen LogP contribution in [0.5, 0.6) is 0 Å². The number of thioether (sulfide) groups is 1. The Hall–Kier alpha value is -0.510. The maximum absolute atomic E-state index is 5.75. The molecule has 1 aliphatic heterocycles. The molecule has 0 spiro atoms. The van der Waals surface area contributed by atoms with Gasteiger partial charge in [-0.3, -0.25) is 0 Å². The molecule has 1 heterocycles. The first-order valence-electron chi connectivity index (χ1n) is 6.19. The second kappa shape index (κ2) is 5.89. The molecule has 1 saturated heterocycles. The topological polar surface area (TPSA) is 21.3 Å². The number of hydrogen-bond donors (Lipinski definition) is 1. The Balaban J connectivity index is 1.77. The van der Waals surface area contributed by atoms with Gasteiger partial charge in [-0.05, 0) is 43.7 Å². The molecule has 1 unspecified atom stereocenters. The van der Waals surface area contributed by atoms with E-state index in [1.54, 1.807) is 11.8 Å². The summed E-state index contributed by atoms with van der Waals surface area (Å²) in [6, 6.07) is 8.73. The average Bonchev–Trinajstić information content (AvgIpc) is 2.77. The van der Waals surface area contributed by atoms with E-state index in [-0.39, 0.29) is 5.60 Å². The van der Waals surface area contributed by atoms with Crippen LogP contribution >= 0.6 is 11.8 Å². The SMILES string of the molecule is CSc1ccc(CNCC2(C)CCCO2)cc1. The van der Waals surface area contributed by atoms with E-state index >= 15 is 0 Å². The molecule has 2 rings (SSSR count). The first-order valence-corrected chi connectivity index (χ1v) is 7.42. The minimum Gasteiger partial charge on any atom is -0.374 e. The number of ether oxygens (including phenoxy) is 1. The Bertz CT molecular complexity index is 344. The van der Waals surface area contributed by atoms with Crippen LogP contribution in [0.2, 0.25) is 0 Å². The molecule has 94 valence electrons. The van der Waals surface area contributed by atoms with E-state index in [2.05, 4.69) is 42.8 Å². The highest BCUT2D eigenvalue weighted by Gasteiger charge is 2.28. The third kappa shape index (κ3) is 3.73. The van der Waals surface area contributed by atoms with Crippen molar-refractivity contribution in [2.45, 2.75) is 36.8 Å². The molecule has 1 aromatic rings. The number of rotatable bonds is 5. The highest BCUT2D eigenvalue weighted by Crippen LogP contribution is 2.24. The van der Waals surface area contributed by atoms with Gasteiger partial charge in [-0.1, -0.05) is 12.1 Å². The Kier molecular flexibility index (Phi) is 4.48. The summed E-state index contributed by atoms with van der Waals surface area (Å²) in [6.45, 7) is 4.98. The van der Waals surface area contributed by atoms with E-state index in [0.29, 0.717) is 0 Å². The van der Waals surface area contributed by atoms with Crippen LogP contribution in [-0.2, 0) is 11.3 Å². The second-order valence-electron chi connectivity index (χ2n) is 4.85. The Morgan fingerprint density at radius 2 is 2.12 bits per heavy atom. The largest absolute Gasteiger partial charge is 0.374 e. The maximum Gasteiger partial charge on any atom is 0.0779 e. The summed E-state index contributed by atoms with van der Waals surface area (Å²) >= 11 is 1.78. The molecular formula is C14H21NOS. The quantitative estimate of drug-likeness (QED) is 0.813. The van der Waals surface area contributed by atoms with Gasteiger partial charge in [0.1, 0.15) is 0 Å². The van der Waals surface area contributed by atoms with Crippen molar-refractivity contribution in [3.05, 3.63) is 29.8 Å². The van der Waals surface area contributed by atoms with E-state index in [1.165, 1.54) is 23.3 Å². The van der Waals surface area contributed by atoms with Crippen LogP contribution in [0.4, 0.5) is 0 Å². The average molecular weight is 251 g/mol. The van der Waals surface area contributed by atoms with E-state index < -0.39 is 0 Å². The van der Waals surface area contributed by atoms with Crippen LogP contribution in [0.1, 0.15) is 25.3 Å². The van der Waals surface area contributed by atoms with Crippen molar-refractivity contribution >= 4 is 11.8 Å². The van der Waals surface area contributed by atoms with Gasteiger partial charge >= 0.3 is 0 Å². The number of nitrogens with one attached hydrogen (secondary N) is 1. The van der Waals surface area contributed by atoms with E-state index in [9.17, 15) is 0 Å². The van der Waals surface area contributed by atoms with E-state index in [1.807, 2.05) is 0 Å². The van der Waals surface area contributed by atoms with Crippen molar-refractivity contribution in [3.63, 3.8) is 0 Å². The summed E-state index contributed by atoms with van der Waals surface area (Å²) in [7, 11) is 0. The van der Waals surface area contributed by atoms with Gasteiger partial charge in [-0.2, -0.15) is 0 Å². The number of benzene rings is 1. The lowest BCUT2D eigenvalue weighted by Gasteiger charge is -2.23. The van der Waals surface area contributed by atoms with Gasteiger partial charge in [-0.15, -0.1) is 11.8 Å². The van der Waals surface area contributed by atoms with Crippen molar-refractivity contribution < 1.29 is 4.74 Å². The van der Waals surface area contributed by atoms with Crippen LogP contribution in [0.3, 0.4) is 0 Å². The molecular weight excluding hydrogens is 230 g/mol. The first-order chi connectivity index (χ1) is 8.22. The summed E-state index contributed by atoms with van der Waals surface area (Å²) in [5.74, 6) is 0. The predicted molar refractivity (Wildman–Crippen MR) is 73.5 cm³/mol. The summed E-state index contributed by atoms with van der Waals surface area (Å²) in [4.78, 5) is 1.32. The standard InChI is InChI=1S/C14H21NOS/c1-14(8-3-9-16-14)11-15-10-12-4-6-13(17-2)7-5-12/h4-7,15H,3,8-11H2,1-2H3. The zero-order valence-electron chi connectivity index (χ0n) is 10.7. The molecule has 0 radical (unpaired) electrons. The van der Waals surface area contributed by atoms with E-state index in [0.717, 1.165) is 19.7 Å². The van der Waals surface area contributed by atoms with Gasteiger partial charge in [0.25, 0.3) is 0 Å². The molecule has 1 aliphatic rings. The fourth-order valence-corrected chi connectivity index (χ4v) is 2.60. The lowest BCUT2D eigenvalue weighted by Crippen LogP contribution is -2.36. The predicted octanol–water partition coefficient (Wildman–Crippen LogP) is 3.07. The summed E-state index contributed by atoms with van der Waals surface area (Å²) < 4.78 is 5.75. The van der Waals surface area contributed by atoms with Crippen LogP contribution in [0.15, 0.2) is 29.2 Å². The van der Waals surface area contributed by atoms with Crippen LogP contribution in [0.25, 0.3) is 0 Å². The van der Waals surface area contributed by atoms with Gasteiger partial charge in [0.2, 0.25) is 0 Å². The fraction of sp³-hybridized carbons (Fsp3) is 0.571. The molecule has 3 heteroatoms. The van der Waals surface area contributed by atoms with Crippen molar-refractivity contribution in [1.82, 2.24) is 5.32 Å². The normalized spacial score (nSPS) is 24.1. The minimum atomic E-state index is 0.0548. The van der Waals surface area contributed by atoms with Crippen LogP contribution in [0, 0.1) is 0 Å². The smallest absolute Gasteiger partial charge is 0.0779 e. The summed E-state index contributed by atoms with van der Waals surface area (Å²) in [5, 5.41) is 3.49. The Morgan fingerprint density at radius 3 is 2.71 bits per heavy atom. The van der Waals surface area contributed by atoms with Gasteiger partial charge in [-0.25, -0.2) is 0 Å². The molecule has 2 nitrogen and oxygen atoms in total. The van der Waals surface area contributed by atoms with Crippen molar-refractivity contribution in [3.8, 4) is 0 Å². The van der Waals surface area contributed by atoms with E-state index in [4.69, 9.17) is 4.74 Å². The monoisotopic (exact) mass is 251 g/mol. The molecule has 1 aromatic carbocycles. The molecule has 1 fully saturated rings.